The van der Waals surface area contributed by atoms with Gasteiger partial charge in [0.05, 0.1) is 25.0 Å². The van der Waals surface area contributed by atoms with E-state index in [1.54, 1.807) is 18.4 Å². The summed E-state index contributed by atoms with van der Waals surface area (Å²) in [7, 11) is 3.54. The Balaban J connectivity index is 1.34. The number of benzene rings is 2. The molecule has 1 saturated heterocycles. The van der Waals surface area contributed by atoms with E-state index in [0.717, 1.165) is 53.2 Å². The Labute approximate surface area is 188 Å². The number of ether oxygens (including phenoxy) is 1. The highest BCUT2D eigenvalue weighted by atomic mass is 32.1. The number of methoxy groups -OCH3 is 1. The molecule has 0 saturated carbocycles. The summed E-state index contributed by atoms with van der Waals surface area (Å²) >= 11 is 1.73. The Morgan fingerprint density at radius 1 is 1.19 bits per heavy atom. The van der Waals surface area contributed by atoms with Crippen LogP contribution in [0.1, 0.15) is 17.0 Å². The monoisotopic (exact) mass is 435 g/mol. The molecular weight excluding hydrogens is 406 g/mol. The summed E-state index contributed by atoms with van der Waals surface area (Å²) < 4.78 is 5.53. The van der Waals surface area contributed by atoms with E-state index in [1.165, 1.54) is 4.88 Å². The van der Waals surface area contributed by atoms with Crippen molar-refractivity contribution in [3.8, 4) is 16.3 Å². The quantitative estimate of drug-likeness (QED) is 0.451. The maximum absolute atomic E-state index is 5.53. The second-order valence-electron chi connectivity index (χ2n) is 7.57. The van der Waals surface area contributed by atoms with Crippen LogP contribution in [-0.4, -0.2) is 44.2 Å². The first kappa shape index (κ1) is 21.2. The third-order valence-corrected chi connectivity index (χ3v) is 6.71. The number of aryl methyl sites for hydroxylation is 1. The summed E-state index contributed by atoms with van der Waals surface area (Å²) in [5.74, 6) is 1.74. The van der Waals surface area contributed by atoms with Crippen LogP contribution in [0.2, 0.25) is 0 Å². The highest BCUT2D eigenvalue weighted by molar-refractivity contribution is 7.15. The summed E-state index contributed by atoms with van der Waals surface area (Å²) in [6.45, 7) is 4.68. The number of aromatic nitrogens is 1. The molecule has 2 aromatic carbocycles. The van der Waals surface area contributed by atoms with Crippen LogP contribution in [0.5, 0.6) is 5.75 Å². The van der Waals surface area contributed by atoms with E-state index in [1.807, 2.05) is 37.4 Å². The molecule has 0 spiro atoms. The first-order chi connectivity index (χ1) is 15.2. The average molecular weight is 436 g/mol. The standard InChI is InChI=1S/C24H29N5OS/c1-17-22(31-23(27-17)18-9-5-4-6-10-18)15-26-24(25-2)28-19-13-14-29(16-19)20-11-7-8-12-21(20)30-3/h4-12,19H,13-16H2,1-3H3,(H2,25,26,28). The lowest BCUT2D eigenvalue weighted by atomic mass is 10.2. The number of hydrogen-bond acceptors (Lipinski definition) is 5. The zero-order valence-electron chi connectivity index (χ0n) is 18.3. The number of aliphatic imine (C=N–C) groups is 1. The van der Waals surface area contributed by atoms with Crippen molar-refractivity contribution in [2.45, 2.75) is 25.9 Å². The normalized spacial score (nSPS) is 16.4. The van der Waals surface area contributed by atoms with Gasteiger partial charge in [-0.25, -0.2) is 4.98 Å². The molecule has 0 radical (unpaired) electrons. The van der Waals surface area contributed by atoms with Crippen molar-refractivity contribution in [3.05, 3.63) is 65.2 Å². The van der Waals surface area contributed by atoms with Gasteiger partial charge in [-0.3, -0.25) is 4.99 Å². The van der Waals surface area contributed by atoms with Crippen LogP contribution in [-0.2, 0) is 6.54 Å². The van der Waals surface area contributed by atoms with Crippen LogP contribution in [0.25, 0.3) is 10.6 Å². The number of nitrogens with zero attached hydrogens (tertiary/aromatic N) is 3. The van der Waals surface area contributed by atoms with Gasteiger partial charge in [-0.1, -0.05) is 42.5 Å². The number of hydrogen-bond donors (Lipinski definition) is 2. The van der Waals surface area contributed by atoms with Gasteiger partial charge in [-0.05, 0) is 25.5 Å². The molecule has 2 heterocycles. The van der Waals surface area contributed by atoms with Gasteiger partial charge < -0.3 is 20.3 Å². The largest absolute Gasteiger partial charge is 0.495 e. The predicted octanol–water partition coefficient (Wildman–Crippen LogP) is 4.07. The molecule has 1 aromatic heterocycles. The van der Waals surface area contributed by atoms with E-state index in [4.69, 9.17) is 9.72 Å². The Hall–Kier alpha value is -3.06. The van der Waals surface area contributed by atoms with Crippen LogP contribution < -0.4 is 20.3 Å². The van der Waals surface area contributed by atoms with Crippen LogP contribution in [0.4, 0.5) is 5.69 Å². The Morgan fingerprint density at radius 2 is 1.97 bits per heavy atom. The Bertz CT molecular complexity index is 1030. The molecule has 1 fully saturated rings. The minimum Gasteiger partial charge on any atom is -0.495 e. The molecule has 7 heteroatoms. The molecule has 6 nitrogen and oxygen atoms in total. The second-order valence-corrected chi connectivity index (χ2v) is 8.65. The second kappa shape index (κ2) is 9.83. The predicted molar refractivity (Wildman–Crippen MR) is 129 cm³/mol. The van der Waals surface area contributed by atoms with Crippen molar-refractivity contribution in [2.24, 2.45) is 4.99 Å². The van der Waals surface area contributed by atoms with Crippen LogP contribution in [0.15, 0.2) is 59.6 Å². The zero-order valence-corrected chi connectivity index (χ0v) is 19.1. The first-order valence-electron chi connectivity index (χ1n) is 10.5. The van der Waals surface area contributed by atoms with Gasteiger partial charge in [0.1, 0.15) is 10.8 Å². The van der Waals surface area contributed by atoms with Gasteiger partial charge >= 0.3 is 0 Å². The molecule has 1 aliphatic rings. The molecule has 0 aliphatic carbocycles. The lowest BCUT2D eigenvalue weighted by molar-refractivity contribution is 0.415. The maximum Gasteiger partial charge on any atom is 0.191 e. The molecule has 3 aromatic rings. The van der Waals surface area contributed by atoms with Gasteiger partial charge in [0.25, 0.3) is 0 Å². The highest BCUT2D eigenvalue weighted by Crippen LogP contribution is 2.30. The lowest BCUT2D eigenvalue weighted by Gasteiger charge is -2.22. The van der Waals surface area contributed by atoms with Gasteiger partial charge in [-0.2, -0.15) is 0 Å². The fraction of sp³-hybridized carbons (Fsp3) is 0.333. The van der Waals surface area contributed by atoms with Crippen molar-refractivity contribution in [1.29, 1.82) is 0 Å². The number of anilines is 1. The summed E-state index contributed by atoms with van der Waals surface area (Å²) in [5, 5.41) is 8.09. The van der Waals surface area contributed by atoms with E-state index in [0.29, 0.717) is 12.6 Å². The summed E-state index contributed by atoms with van der Waals surface area (Å²) in [6, 6.07) is 18.8. The molecule has 4 rings (SSSR count). The highest BCUT2D eigenvalue weighted by Gasteiger charge is 2.25. The van der Waals surface area contributed by atoms with Crippen molar-refractivity contribution in [1.82, 2.24) is 15.6 Å². The SMILES string of the molecule is CN=C(NCc1sc(-c2ccccc2)nc1C)NC1CCN(c2ccccc2OC)C1. The molecule has 2 N–H and O–H groups in total. The zero-order chi connectivity index (χ0) is 21.6. The molecule has 0 amide bonds. The number of thiazole rings is 1. The summed E-state index contributed by atoms with van der Waals surface area (Å²) in [5.41, 5.74) is 3.37. The third-order valence-electron chi connectivity index (χ3n) is 5.51. The third kappa shape index (κ3) is 4.99. The smallest absolute Gasteiger partial charge is 0.191 e. The molecule has 162 valence electrons. The van der Waals surface area contributed by atoms with E-state index in [-0.39, 0.29) is 0 Å². The molecule has 1 atom stereocenters. The molecule has 31 heavy (non-hydrogen) atoms. The van der Waals surface area contributed by atoms with Crippen molar-refractivity contribution >= 4 is 23.0 Å². The van der Waals surface area contributed by atoms with Crippen LogP contribution in [0.3, 0.4) is 0 Å². The molecule has 1 unspecified atom stereocenters. The Kier molecular flexibility index (Phi) is 6.72. The number of nitrogens with one attached hydrogen (secondary N) is 2. The first-order valence-corrected chi connectivity index (χ1v) is 11.4. The van der Waals surface area contributed by atoms with Crippen molar-refractivity contribution in [2.75, 3.05) is 32.1 Å². The minimum absolute atomic E-state index is 0.332. The van der Waals surface area contributed by atoms with Gasteiger partial charge in [0.2, 0.25) is 0 Å². The van der Waals surface area contributed by atoms with Gasteiger partial charge in [-0.15, -0.1) is 11.3 Å². The summed E-state index contributed by atoms with van der Waals surface area (Å²) in [4.78, 5) is 12.8. The van der Waals surface area contributed by atoms with Crippen LogP contribution in [0, 0.1) is 6.92 Å². The van der Waals surface area contributed by atoms with E-state index in [9.17, 15) is 0 Å². The van der Waals surface area contributed by atoms with E-state index < -0.39 is 0 Å². The van der Waals surface area contributed by atoms with Gasteiger partial charge in [0.15, 0.2) is 5.96 Å². The molecule has 1 aliphatic heterocycles. The number of para-hydroxylation sites is 2. The number of rotatable bonds is 6. The maximum atomic E-state index is 5.53. The van der Waals surface area contributed by atoms with Crippen molar-refractivity contribution in [3.63, 3.8) is 0 Å². The van der Waals surface area contributed by atoms with Gasteiger partial charge in [0, 0.05) is 36.6 Å². The fourth-order valence-electron chi connectivity index (χ4n) is 3.84. The fourth-order valence-corrected chi connectivity index (χ4v) is 4.84. The average Bonchev–Trinajstić information content (AvgIpc) is 3.43. The van der Waals surface area contributed by atoms with Crippen molar-refractivity contribution < 1.29 is 4.74 Å². The topological polar surface area (TPSA) is 61.8 Å². The van der Waals surface area contributed by atoms with E-state index in [2.05, 4.69) is 51.7 Å². The molecular formula is C24H29N5OS. The summed E-state index contributed by atoms with van der Waals surface area (Å²) in [6.07, 6.45) is 1.05. The minimum atomic E-state index is 0.332. The van der Waals surface area contributed by atoms with E-state index >= 15 is 0 Å². The van der Waals surface area contributed by atoms with Crippen LogP contribution >= 0.6 is 11.3 Å². The Morgan fingerprint density at radius 3 is 2.74 bits per heavy atom. The number of guanidine groups is 1. The lowest BCUT2D eigenvalue weighted by Crippen LogP contribution is -2.44. The molecule has 0 bridgehead atoms.